The Bertz CT molecular complexity index is 588. The number of anilines is 1. The lowest BCUT2D eigenvalue weighted by atomic mass is 10.2. The zero-order chi connectivity index (χ0) is 14.4. The Kier molecular flexibility index (Phi) is 4.55. The number of hydrogen-bond acceptors (Lipinski definition) is 3. The second-order valence-electron chi connectivity index (χ2n) is 4.15. The summed E-state index contributed by atoms with van der Waals surface area (Å²) in [5.74, 6) is -0.223. The minimum absolute atomic E-state index is 0.0222. The van der Waals surface area contributed by atoms with Crippen LogP contribution in [0, 0.1) is 5.82 Å². The van der Waals surface area contributed by atoms with Gasteiger partial charge >= 0.3 is 0 Å². The largest absolute Gasteiger partial charge is 0.492 e. The fraction of sp³-hybridized carbons (Fsp3) is 0.133. The molecule has 4 nitrogen and oxygen atoms in total. The van der Waals surface area contributed by atoms with Gasteiger partial charge in [0, 0.05) is 5.56 Å². The SMILES string of the molecule is Nc1ccc(C(=O)NCCOc2ccccc2)cc1F. The van der Waals surface area contributed by atoms with E-state index < -0.39 is 5.82 Å². The number of nitrogen functional groups attached to an aromatic ring is 1. The van der Waals surface area contributed by atoms with E-state index in [1.807, 2.05) is 30.3 Å². The second kappa shape index (κ2) is 6.56. The van der Waals surface area contributed by atoms with E-state index >= 15 is 0 Å². The van der Waals surface area contributed by atoms with Crippen molar-refractivity contribution in [3.05, 3.63) is 59.9 Å². The molecule has 1 amide bonds. The minimum Gasteiger partial charge on any atom is -0.492 e. The molecule has 0 atom stereocenters. The standard InChI is InChI=1S/C15H15FN2O2/c16-13-10-11(6-7-14(13)17)15(19)18-8-9-20-12-4-2-1-3-5-12/h1-7,10H,8-9,17H2,(H,18,19). The average Bonchev–Trinajstić information content (AvgIpc) is 2.47. The van der Waals surface area contributed by atoms with Crippen LogP contribution in [0.25, 0.3) is 0 Å². The summed E-state index contributed by atoms with van der Waals surface area (Å²) in [4.78, 5) is 11.7. The highest BCUT2D eigenvalue weighted by molar-refractivity contribution is 5.94. The first kappa shape index (κ1) is 13.9. The van der Waals surface area contributed by atoms with Gasteiger partial charge in [0.2, 0.25) is 0 Å². The third kappa shape index (κ3) is 3.71. The van der Waals surface area contributed by atoms with E-state index in [9.17, 15) is 9.18 Å². The highest BCUT2D eigenvalue weighted by Gasteiger charge is 2.07. The van der Waals surface area contributed by atoms with Gasteiger partial charge in [-0.2, -0.15) is 0 Å². The molecule has 0 spiro atoms. The predicted octanol–water partition coefficient (Wildman–Crippen LogP) is 2.22. The molecule has 0 bridgehead atoms. The highest BCUT2D eigenvalue weighted by Crippen LogP contribution is 2.11. The maximum Gasteiger partial charge on any atom is 0.251 e. The Hall–Kier alpha value is -2.56. The smallest absolute Gasteiger partial charge is 0.251 e. The molecular formula is C15H15FN2O2. The Morgan fingerprint density at radius 1 is 1.20 bits per heavy atom. The van der Waals surface area contributed by atoms with E-state index in [4.69, 9.17) is 10.5 Å². The van der Waals surface area contributed by atoms with Gasteiger partial charge in [-0.25, -0.2) is 4.39 Å². The molecule has 3 N–H and O–H groups in total. The van der Waals surface area contributed by atoms with Crippen molar-refractivity contribution in [2.24, 2.45) is 0 Å². The minimum atomic E-state index is -0.599. The Labute approximate surface area is 116 Å². The van der Waals surface area contributed by atoms with Crippen molar-refractivity contribution in [3.63, 3.8) is 0 Å². The van der Waals surface area contributed by atoms with Crippen molar-refractivity contribution in [1.29, 1.82) is 0 Å². The molecule has 0 aromatic heterocycles. The number of para-hydroxylation sites is 1. The van der Waals surface area contributed by atoms with Crippen molar-refractivity contribution in [1.82, 2.24) is 5.32 Å². The van der Waals surface area contributed by atoms with Crippen molar-refractivity contribution in [2.75, 3.05) is 18.9 Å². The third-order valence-electron chi connectivity index (χ3n) is 2.66. The van der Waals surface area contributed by atoms with Gasteiger partial charge in [-0.1, -0.05) is 18.2 Å². The number of nitrogens with one attached hydrogen (secondary N) is 1. The van der Waals surface area contributed by atoms with Crippen molar-refractivity contribution >= 4 is 11.6 Å². The van der Waals surface area contributed by atoms with Gasteiger partial charge in [0.1, 0.15) is 18.2 Å². The van der Waals surface area contributed by atoms with E-state index in [0.29, 0.717) is 13.2 Å². The number of halogens is 1. The number of carbonyl (C=O) groups excluding carboxylic acids is 1. The predicted molar refractivity (Wildman–Crippen MR) is 75.1 cm³/mol. The van der Waals surface area contributed by atoms with Crippen LogP contribution in [-0.4, -0.2) is 19.1 Å². The molecule has 2 aromatic carbocycles. The molecule has 2 aromatic rings. The molecule has 2 rings (SSSR count). The van der Waals surface area contributed by atoms with Crippen LogP contribution in [0.15, 0.2) is 48.5 Å². The quantitative estimate of drug-likeness (QED) is 0.649. The first-order chi connectivity index (χ1) is 9.66. The van der Waals surface area contributed by atoms with Crippen LogP contribution in [0.4, 0.5) is 10.1 Å². The van der Waals surface area contributed by atoms with Gasteiger partial charge in [-0.15, -0.1) is 0 Å². The molecule has 0 saturated carbocycles. The summed E-state index contributed by atoms with van der Waals surface area (Å²) < 4.78 is 18.6. The number of rotatable bonds is 5. The summed E-state index contributed by atoms with van der Waals surface area (Å²) in [6.45, 7) is 0.674. The molecule has 0 aliphatic heterocycles. The van der Waals surface area contributed by atoms with Crippen LogP contribution >= 0.6 is 0 Å². The molecule has 20 heavy (non-hydrogen) atoms. The van der Waals surface area contributed by atoms with Crippen LogP contribution in [0.2, 0.25) is 0 Å². The van der Waals surface area contributed by atoms with E-state index in [1.54, 1.807) is 0 Å². The van der Waals surface area contributed by atoms with Crippen LogP contribution in [0.1, 0.15) is 10.4 Å². The van der Waals surface area contributed by atoms with Gasteiger partial charge in [0.25, 0.3) is 5.91 Å². The van der Waals surface area contributed by atoms with Crippen molar-refractivity contribution in [2.45, 2.75) is 0 Å². The summed E-state index contributed by atoms with van der Waals surface area (Å²) in [6, 6.07) is 13.2. The number of amides is 1. The summed E-state index contributed by atoms with van der Waals surface area (Å²) >= 11 is 0. The molecule has 0 saturated heterocycles. The van der Waals surface area contributed by atoms with Crippen LogP contribution in [0.3, 0.4) is 0 Å². The second-order valence-corrected chi connectivity index (χ2v) is 4.15. The molecule has 0 heterocycles. The number of carbonyl (C=O) groups is 1. The maximum absolute atomic E-state index is 13.2. The van der Waals surface area contributed by atoms with Gasteiger partial charge in [0.05, 0.1) is 12.2 Å². The molecule has 0 aliphatic carbocycles. The third-order valence-corrected chi connectivity index (χ3v) is 2.66. The summed E-state index contributed by atoms with van der Waals surface area (Å²) in [7, 11) is 0. The van der Waals surface area contributed by atoms with E-state index in [2.05, 4.69) is 5.32 Å². The molecule has 0 radical (unpaired) electrons. The van der Waals surface area contributed by atoms with Crippen LogP contribution in [-0.2, 0) is 0 Å². The average molecular weight is 274 g/mol. The molecule has 0 unspecified atom stereocenters. The fourth-order valence-electron chi connectivity index (χ4n) is 1.62. The fourth-order valence-corrected chi connectivity index (χ4v) is 1.62. The molecule has 5 heteroatoms. The number of ether oxygens (including phenoxy) is 1. The van der Waals surface area contributed by atoms with Crippen molar-refractivity contribution < 1.29 is 13.9 Å². The lowest BCUT2D eigenvalue weighted by Crippen LogP contribution is -2.28. The van der Waals surface area contributed by atoms with E-state index in [-0.39, 0.29) is 17.2 Å². The lowest BCUT2D eigenvalue weighted by molar-refractivity contribution is 0.0946. The lowest BCUT2D eigenvalue weighted by Gasteiger charge is -2.08. The molecular weight excluding hydrogens is 259 g/mol. The molecule has 0 aliphatic rings. The normalized spacial score (nSPS) is 10.1. The summed E-state index contributed by atoms with van der Waals surface area (Å²) in [6.07, 6.45) is 0. The van der Waals surface area contributed by atoms with Crippen LogP contribution in [0.5, 0.6) is 5.75 Å². The topological polar surface area (TPSA) is 64.4 Å². The first-order valence-corrected chi connectivity index (χ1v) is 6.18. The maximum atomic E-state index is 13.2. The van der Waals surface area contributed by atoms with Crippen LogP contribution < -0.4 is 15.8 Å². The Balaban J connectivity index is 1.79. The monoisotopic (exact) mass is 274 g/mol. The zero-order valence-corrected chi connectivity index (χ0v) is 10.8. The number of benzene rings is 2. The Morgan fingerprint density at radius 2 is 1.95 bits per heavy atom. The number of hydrogen-bond donors (Lipinski definition) is 2. The van der Waals surface area contributed by atoms with Gasteiger partial charge in [-0.3, -0.25) is 4.79 Å². The Morgan fingerprint density at radius 3 is 2.65 bits per heavy atom. The van der Waals surface area contributed by atoms with Gasteiger partial charge in [0.15, 0.2) is 0 Å². The number of nitrogens with two attached hydrogens (primary N) is 1. The zero-order valence-electron chi connectivity index (χ0n) is 10.8. The molecule has 104 valence electrons. The summed E-state index contributed by atoms with van der Waals surface area (Å²) in [5, 5.41) is 2.64. The van der Waals surface area contributed by atoms with Gasteiger partial charge in [-0.05, 0) is 30.3 Å². The molecule has 0 fully saturated rings. The van der Waals surface area contributed by atoms with E-state index in [0.717, 1.165) is 11.8 Å². The van der Waals surface area contributed by atoms with E-state index in [1.165, 1.54) is 12.1 Å². The van der Waals surface area contributed by atoms with Gasteiger partial charge < -0.3 is 15.8 Å². The summed E-state index contributed by atoms with van der Waals surface area (Å²) in [5.41, 5.74) is 5.60. The first-order valence-electron chi connectivity index (χ1n) is 6.18. The van der Waals surface area contributed by atoms with Crippen molar-refractivity contribution in [3.8, 4) is 5.75 Å². The highest BCUT2D eigenvalue weighted by atomic mass is 19.1.